The molecule has 0 unspecified atom stereocenters. The van der Waals surface area contributed by atoms with Crippen LogP contribution in [0.4, 0.5) is 5.95 Å². The van der Waals surface area contributed by atoms with Crippen LogP contribution in [-0.4, -0.2) is 64.8 Å². The molecule has 3 heterocycles. The van der Waals surface area contributed by atoms with Gasteiger partial charge in [-0.15, -0.1) is 0 Å². The molecular formula is C21H30N6O2. The summed E-state index contributed by atoms with van der Waals surface area (Å²) < 4.78 is 5.54. The van der Waals surface area contributed by atoms with E-state index >= 15 is 0 Å². The number of anilines is 1. The topological polar surface area (TPSA) is 87.2 Å². The van der Waals surface area contributed by atoms with Gasteiger partial charge < -0.3 is 14.5 Å². The van der Waals surface area contributed by atoms with Crippen LogP contribution in [0.15, 0.2) is 18.5 Å². The number of hydrogen-bond acceptors (Lipinski definition) is 6. The highest BCUT2D eigenvalue weighted by Crippen LogP contribution is 2.38. The Balaban J connectivity index is 1.58. The number of rotatable bonds is 5. The highest BCUT2D eigenvalue weighted by atomic mass is 16.5. The van der Waals surface area contributed by atoms with Crippen molar-refractivity contribution in [2.24, 2.45) is 5.92 Å². The second-order valence-corrected chi connectivity index (χ2v) is 8.24. The highest BCUT2D eigenvalue weighted by Gasteiger charge is 2.38. The monoisotopic (exact) mass is 398 g/mol. The summed E-state index contributed by atoms with van der Waals surface area (Å²) >= 11 is 0. The summed E-state index contributed by atoms with van der Waals surface area (Å²) in [6, 6.07) is 1.91. The summed E-state index contributed by atoms with van der Waals surface area (Å²) in [5, 5.41) is 7.45. The van der Waals surface area contributed by atoms with Crippen LogP contribution in [0, 0.1) is 5.92 Å². The number of nitrogens with one attached hydrogen (secondary N) is 1. The molecule has 2 aliphatic rings. The number of carbonyl (C=O) groups is 1. The SMILES string of the molecule is CO[C@@H]1CCC[C@H](C(=O)N2CCC[C@H]2c2[nH]ncc2-c2ccnc(N(C)C)n2)C1. The molecular weight excluding hydrogens is 368 g/mol. The van der Waals surface area contributed by atoms with E-state index in [9.17, 15) is 4.79 Å². The zero-order chi connectivity index (χ0) is 20.4. The average molecular weight is 399 g/mol. The lowest BCUT2D eigenvalue weighted by molar-refractivity contribution is -0.139. The van der Waals surface area contributed by atoms with Crippen LogP contribution in [0.1, 0.15) is 50.3 Å². The van der Waals surface area contributed by atoms with E-state index in [0.717, 1.165) is 62.0 Å². The normalized spacial score (nSPS) is 24.7. The zero-order valence-corrected chi connectivity index (χ0v) is 17.5. The fourth-order valence-electron chi connectivity index (χ4n) is 4.62. The van der Waals surface area contributed by atoms with Crippen LogP contribution in [0.5, 0.6) is 0 Å². The van der Waals surface area contributed by atoms with E-state index in [1.54, 1.807) is 19.5 Å². The molecule has 8 heteroatoms. The third kappa shape index (κ3) is 3.99. The first-order valence-electron chi connectivity index (χ1n) is 10.5. The molecule has 2 fully saturated rings. The molecule has 1 amide bonds. The predicted molar refractivity (Wildman–Crippen MR) is 110 cm³/mol. The lowest BCUT2D eigenvalue weighted by atomic mass is 9.86. The number of hydrogen-bond donors (Lipinski definition) is 1. The predicted octanol–water partition coefficient (Wildman–Crippen LogP) is 2.80. The molecule has 29 heavy (non-hydrogen) atoms. The van der Waals surface area contributed by atoms with E-state index in [1.165, 1.54) is 0 Å². The molecule has 156 valence electrons. The minimum atomic E-state index is 0.0145. The summed E-state index contributed by atoms with van der Waals surface area (Å²) in [5.41, 5.74) is 2.74. The summed E-state index contributed by atoms with van der Waals surface area (Å²) in [7, 11) is 5.59. The number of ether oxygens (including phenoxy) is 1. The Bertz CT molecular complexity index is 851. The largest absolute Gasteiger partial charge is 0.381 e. The Hall–Kier alpha value is -2.48. The van der Waals surface area contributed by atoms with E-state index in [4.69, 9.17) is 4.74 Å². The lowest BCUT2D eigenvalue weighted by Gasteiger charge is -2.33. The second kappa shape index (κ2) is 8.49. The van der Waals surface area contributed by atoms with Gasteiger partial charge >= 0.3 is 0 Å². The minimum absolute atomic E-state index is 0.0145. The standard InChI is InChI=1S/C21H30N6O2/c1-26(2)21-22-10-9-17(24-21)16-13-23-25-19(16)18-8-5-11-27(18)20(28)14-6-4-7-15(12-14)29-3/h9-10,13-15,18H,4-8,11-12H2,1-3H3,(H,23,25)/t14-,15+,18-/m0/s1. The summed E-state index contributed by atoms with van der Waals surface area (Å²) in [6.45, 7) is 0.794. The van der Waals surface area contributed by atoms with E-state index in [1.807, 2.05) is 30.0 Å². The maximum Gasteiger partial charge on any atom is 0.226 e. The second-order valence-electron chi connectivity index (χ2n) is 8.24. The van der Waals surface area contributed by atoms with Gasteiger partial charge in [0.1, 0.15) is 0 Å². The molecule has 0 aromatic carbocycles. The fraction of sp³-hybridized carbons (Fsp3) is 0.619. The van der Waals surface area contributed by atoms with Gasteiger partial charge in [-0.3, -0.25) is 9.89 Å². The Morgan fingerprint density at radius 3 is 2.93 bits per heavy atom. The van der Waals surface area contributed by atoms with Gasteiger partial charge in [-0.25, -0.2) is 9.97 Å². The first kappa shape index (κ1) is 19.8. The van der Waals surface area contributed by atoms with Gasteiger partial charge in [-0.05, 0) is 38.2 Å². The third-order valence-corrected chi connectivity index (χ3v) is 6.17. The Labute approximate surface area is 171 Å². The van der Waals surface area contributed by atoms with E-state index in [0.29, 0.717) is 5.95 Å². The summed E-state index contributed by atoms with van der Waals surface area (Å²) in [4.78, 5) is 26.3. The molecule has 0 bridgehead atoms. The molecule has 1 saturated carbocycles. The summed E-state index contributed by atoms with van der Waals surface area (Å²) in [6.07, 6.45) is 9.59. The molecule has 2 aromatic rings. The van der Waals surface area contributed by atoms with Crippen LogP contribution in [0.2, 0.25) is 0 Å². The van der Waals surface area contributed by atoms with E-state index in [-0.39, 0.29) is 24.0 Å². The number of carbonyl (C=O) groups excluding carboxylic acids is 1. The van der Waals surface area contributed by atoms with Gasteiger partial charge in [0.25, 0.3) is 0 Å². The fourth-order valence-corrected chi connectivity index (χ4v) is 4.62. The Morgan fingerprint density at radius 2 is 2.14 bits per heavy atom. The van der Waals surface area contributed by atoms with Crippen molar-refractivity contribution in [3.63, 3.8) is 0 Å². The van der Waals surface area contributed by atoms with Crippen molar-refractivity contribution in [2.75, 3.05) is 32.6 Å². The van der Waals surface area contributed by atoms with Crippen molar-refractivity contribution in [2.45, 2.75) is 50.7 Å². The van der Waals surface area contributed by atoms with Gasteiger partial charge in [0.2, 0.25) is 11.9 Å². The molecule has 3 atom stereocenters. The molecule has 0 radical (unpaired) electrons. The number of methoxy groups -OCH3 is 1. The van der Waals surface area contributed by atoms with Crippen molar-refractivity contribution in [1.29, 1.82) is 0 Å². The first-order chi connectivity index (χ1) is 14.1. The minimum Gasteiger partial charge on any atom is -0.381 e. The van der Waals surface area contributed by atoms with Gasteiger partial charge in [0.05, 0.1) is 29.7 Å². The van der Waals surface area contributed by atoms with Crippen LogP contribution >= 0.6 is 0 Å². The molecule has 4 rings (SSSR count). The molecule has 2 aromatic heterocycles. The number of aromatic nitrogens is 4. The average Bonchev–Trinajstić information content (AvgIpc) is 3.42. The van der Waals surface area contributed by atoms with Gasteiger partial charge in [-0.1, -0.05) is 6.42 Å². The third-order valence-electron chi connectivity index (χ3n) is 6.17. The summed E-state index contributed by atoms with van der Waals surface area (Å²) in [5.74, 6) is 0.966. The van der Waals surface area contributed by atoms with E-state index in [2.05, 4.69) is 20.2 Å². The zero-order valence-electron chi connectivity index (χ0n) is 17.5. The quantitative estimate of drug-likeness (QED) is 0.833. The van der Waals surface area contributed by atoms with Crippen LogP contribution in [-0.2, 0) is 9.53 Å². The smallest absolute Gasteiger partial charge is 0.226 e. The highest BCUT2D eigenvalue weighted by molar-refractivity contribution is 5.80. The molecule has 8 nitrogen and oxygen atoms in total. The number of amides is 1. The number of aromatic amines is 1. The maximum absolute atomic E-state index is 13.4. The Kier molecular flexibility index (Phi) is 5.80. The van der Waals surface area contributed by atoms with Crippen LogP contribution in [0.25, 0.3) is 11.3 Å². The molecule has 1 aliphatic carbocycles. The van der Waals surface area contributed by atoms with Crippen LogP contribution < -0.4 is 4.90 Å². The number of nitrogens with zero attached hydrogens (tertiary/aromatic N) is 5. The van der Waals surface area contributed by atoms with Gasteiger partial charge in [0.15, 0.2) is 0 Å². The molecule has 1 N–H and O–H groups in total. The van der Waals surface area contributed by atoms with Crippen molar-refractivity contribution in [1.82, 2.24) is 25.1 Å². The molecule has 1 saturated heterocycles. The lowest BCUT2D eigenvalue weighted by Crippen LogP contribution is -2.39. The molecule has 1 aliphatic heterocycles. The van der Waals surface area contributed by atoms with Crippen molar-refractivity contribution in [3.8, 4) is 11.3 Å². The molecule has 0 spiro atoms. The van der Waals surface area contributed by atoms with Gasteiger partial charge in [0, 0.05) is 45.4 Å². The van der Waals surface area contributed by atoms with Crippen molar-refractivity contribution >= 4 is 11.9 Å². The Morgan fingerprint density at radius 1 is 1.28 bits per heavy atom. The van der Waals surface area contributed by atoms with E-state index < -0.39 is 0 Å². The maximum atomic E-state index is 13.4. The van der Waals surface area contributed by atoms with Gasteiger partial charge in [-0.2, -0.15) is 5.10 Å². The van der Waals surface area contributed by atoms with Crippen LogP contribution in [0.3, 0.4) is 0 Å². The van der Waals surface area contributed by atoms with Crippen molar-refractivity contribution in [3.05, 3.63) is 24.2 Å². The number of likely N-dealkylation sites (tertiary alicyclic amines) is 1. The van der Waals surface area contributed by atoms with Crippen molar-refractivity contribution < 1.29 is 9.53 Å². The number of H-pyrrole nitrogens is 1. The first-order valence-corrected chi connectivity index (χ1v) is 10.5.